The molecular weight excluding hydrogens is 302 g/mol. The normalized spacial score (nSPS) is 29.0. The van der Waals surface area contributed by atoms with Gasteiger partial charge in [0, 0.05) is 23.6 Å². The van der Waals surface area contributed by atoms with E-state index in [4.69, 9.17) is 5.11 Å². The maximum Gasteiger partial charge on any atom is 0.306 e. The minimum absolute atomic E-state index is 0.132. The van der Waals surface area contributed by atoms with E-state index in [-0.39, 0.29) is 11.3 Å². The van der Waals surface area contributed by atoms with Crippen LogP contribution in [0.5, 0.6) is 5.75 Å². The second-order valence-electron chi connectivity index (χ2n) is 8.26. The average Bonchev–Trinajstić information content (AvgIpc) is 2.68. The number of carboxylic acid groups (broad SMARTS) is 1. The van der Waals surface area contributed by atoms with Gasteiger partial charge in [-0.05, 0) is 66.7 Å². The van der Waals surface area contributed by atoms with Gasteiger partial charge in [0.05, 0.1) is 5.92 Å². The van der Waals surface area contributed by atoms with Crippen LogP contribution in [0.4, 0.5) is 0 Å². The molecule has 1 spiro atoms. The number of hydrogen-bond acceptors (Lipinski definition) is 2. The molecule has 2 N–H and O–H groups in total. The van der Waals surface area contributed by atoms with Crippen LogP contribution in [0.15, 0.2) is 18.2 Å². The highest BCUT2D eigenvalue weighted by Gasteiger charge is 2.55. The van der Waals surface area contributed by atoms with E-state index in [9.17, 15) is 9.90 Å². The van der Waals surface area contributed by atoms with Crippen molar-refractivity contribution in [3.05, 3.63) is 29.5 Å². The minimum Gasteiger partial charge on any atom is -0.508 e. The van der Waals surface area contributed by atoms with E-state index in [1.54, 1.807) is 6.07 Å². The molecule has 4 rings (SSSR count). The van der Waals surface area contributed by atoms with Gasteiger partial charge in [0.25, 0.3) is 0 Å². The third-order valence-electron chi connectivity index (χ3n) is 6.29. The van der Waals surface area contributed by atoms with E-state index in [1.807, 2.05) is 12.1 Å². The monoisotopic (exact) mass is 327 g/mol. The number of carbonyl (C=O) groups is 1. The Morgan fingerprint density at radius 2 is 1.92 bits per heavy atom. The molecule has 4 nitrogen and oxygen atoms in total. The Balaban J connectivity index is 1.69. The van der Waals surface area contributed by atoms with E-state index in [2.05, 4.69) is 25.5 Å². The largest absolute Gasteiger partial charge is 0.508 e. The third-order valence-corrected chi connectivity index (χ3v) is 6.29. The predicted molar refractivity (Wildman–Crippen MR) is 93.4 cm³/mol. The highest BCUT2D eigenvalue weighted by Crippen LogP contribution is 2.65. The van der Waals surface area contributed by atoms with Crippen molar-refractivity contribution in [3.8, 4) is 5.75 Å². The van der Waals surface area contributed by atoms with Gasteiger partial charge in [0.1, 0.15) is 5.75 Å². The summed E-state index contributed by atoms with van der Waals surface area (Å²) in [6.45, 7) is 4.44. The Labute approximate surface area is 142 Å². The molecule has 2 aromatic rings. The van der Waals surface area contributed by atoms with Crippen molar-refractivity contribution in [2.45, 2.75) is 51.4 Å². The highest BCUT2D eigenvalue weighted by atomic mass is 16.4. The lowest BCUT2D eigenvalue weighted by molar-refractivity contribution is -0.155. The van der Waals surface area contributed by atoms with E-state index in [0.29, 0.717) is 17.6 Å². The van der Waals surface area contributed by atoms with Crippen LogP contribution in [0.1, 0.15) is 62.6 Å². The lowest BCUT2D eigenvalue weighted by Gasteiger charge is -2.57. The zero-order chi connectivity index (χ0) is 17.2. The Bertz CT molecular complexity index is 819. The summed E-state index contributed by atoms with van der Waals surface area (Å²) in [7, 11) is 2.11. The number of carboxylic acids is 1. The number of rotatable bonds is 3. The summed E-state index contributed by atoms with van der Waals surface area (Å²) >= 11 is 0. The van der Waals surface area contributed by atoms with Gasteiger partial charge >= 0.3 is 5.97 Å². The van der Waals surface area contributed by atoms with Crippen molar-refractivity contribution in [2.75, 3.05) is 0 Å². The number of benzene rings is 1. The summed E-state index contributed by atoms with van der Waals surface area (Å²) in [5.41, 5.74) is 4.16. The molecule has 0 saturated heterocycles. The molecule has 2 aliphatic rings. The Morgan fingerprint density at radius 1 is 1.25 bits per heavy atom. The number of fused-ring (bicyclic) bond motifs is 1. The van der Waals surface area contributed by atoms with Crippen LogP contribution in [-0.4, -0.2) is 20.7 Å². The summed E-state index contributed by atoms with van der Waals surface area (Å²) in [6, 6.07) is 5.64. The molecule has 2 aliphatic carbocycles. The number of phenols is 1. The summed E-state index contributed by atoms with van der Waals surface area (Å²) < 4.78 is 2.26. The lowest BCUT2D eigenvalue weighted by Crippen LogP contribution is -2.49. The van der Waals surface area contributed by atoms with Gasteiger partial charge in [-0.25, -0.2) is 0 Å². The standard InChI is InChI=1S/C20H25NO3/c1-11(2)18-17(15-6-14(22)4-5-16(15)21(18)3)12-7-20(8-12)9-13(10-20)19(23)24/h4-6,11-13,22H,7-10H2,1-3H3,(H,23,24). The van der Waals surface area contributed by atoms with Gasteiger partial charge < -0.3 is 14.8 Å². The van der Waals surface area contributed by atoms with E-state index >= 15 is 0 Å². The Kier molecular flexibility index (Phi) is 3.25. The molecule has 4 heteroatoms. The quantitative estimate of drug-likeness (QED) is 0.880. The van der Waals surface area contributed by atoms with Gasteiger partial charge in [0.15, 0.2) is 0 Å². The molecule has 0 amide bonds. The highest BCUT2D eigenvalue weighted by molar-refractivity contribution is 5.88. The number of nitrogens with zero attached hydrogens (tertiary/aromatic N) is 1. The zero-order valence-electron chi connectivity index (χ0n) is 14.5. The lowest BCUT2D eigenvalue weighted by atomic mass is 9.47. The summed E-state index contributed by atoms with van der Waals surface area (Å²) in [5.74, 6) is 0.453. The van der Waals surface area contributed by atoms with Crippen molar-refractivity contribution in [1.29, 1.82) is 0 Å². The molecule has 0 unspecified atom stereocenters. The van der Waals surface area contributed by atoms with E-state index in [1.165, 1.54) is 16.8 Å². The first-order valence-corrected chi connectivity index (χ1v) is 8.85. The molecule has 2 fully saturated rings. The molecule has 0 bridgehead atoms. The summed E-state index contributed by atoms with van der Waals surface area (Å²) in [5, 5.41) is 20.2. The van der Waals surface area contributed by atoms with Gasteiger partial charge in [-0.1, -0.05) is 13.8 Å². The number of aliphatic carboxylic acids is 1. The second-order valence-corrected chi connectivity index (χ2v) is 8.26. The predicted octanol–water partition coefficient (Wildman–Crippen LogP) is 4.37. The molecule has 2 saturated carbocycles. The number of aromatic nitrogens is 1. The summed E-state index contributed by atoms with van der Waals surface area (Å²) in [4.78, 5) is 11.1. The number of phenolic OH excluding ortho intramolecular Hbond substituents is 1. The third kappa shape index (κ3) is 2.08. The van der Waals surface area contributed by atoms with Crippen LogP contribution in [0.25, 0.3) is 10.9 Å². The second kappa shape index (κ2) is 5.01. The Morgan fingerprint density at radius 3 is 2.50 bits per heavy atom. The maximum absolute atomic E-state index is 11.1. The fraction of sp³-hybridized carbons (Fsp3) is 0.550. The van der Waals surface area contributed by atoms with Crippen molar-refractivity contribution in [3.63, 3.8) is 0 Å². The van der Waals surface area contributed by atoms with Crippen molar-refractivity contribution < 1.29 is 15.0 Å². The van der Waals surface area contributed by atoms with Gasteiger partial charge in [0.2, 0.25) is 0 Å². The van der Waals surface area contributed by atoms with Crippen LogP contribution in [0, 0.1) is 11.3 Å². The Hall–Kier alpha value is -1.97. The van der Waals surface area contributed by atoms with Crippen LogP contribution in [-0.2, 0) is 11.8 Å². The first-order valence-electron chi connectivity index (χ1n) is 8.85. The zero-order valence-corrected chi connectivity index (χ0v) is 14.5. The van der Waals surface area contributed by atoms with Crippen molar-refractivity contribution in [2.24, 2.45) is 18.4 Å². The smallest absolute Gasteiger partial charge is 0.306 e. The molecule has 1 aromatic heterocycles. The SMILES string of the molecule is CC(C)c1c(C2CC3(CC(C(=O)O)C3)C2)c2cc(O)ccc2n1C. The number of hydrogen-bond donors (Lipinski definition) is 2. The molecule has 0 aliphatic heterocycles. The van der Waals surface area contributed by atoms with E-state index in [0.717, 1.165) is 31.1 Å². The molecule has 1 heterocycles. The van der Waals surface area contributed by atoms with Crippen LogP contribution < -0.4 is 0 Å². The van der Waals surface area contributed by atoms with Crippen molar-refractivity contribution >= 4 is 16.9 Å². The molecule has 0 atom stereocenters. The van der Waals surface area contributed by atoms with Crippen LogP contribution >= 0.6 is 0 Å². The molecule has 128 valence electrons. The molecular formula is C20H25NO3. The van der Waals surface area contributed by atoms with Crippen LogP contribution in [0.2, 0.25) is 0 Å². The van der Waals surface area contributed by atoms with Crippen molar-refractivity contribution in [1.82, 2.24) is 4.57 Å². The number of aryl methyl sites for hydroxylation is 1. The van der Waals surface area contributed by atoms with Gasteiger partial charge in [-0.2, -0.15) is 0 Å². The minimum atomic E-state index is -0.637. The van der Waals surface area contributed by atoms with Gasteiger partial charge in [-0.15, -0.1) is 0 Å². The van der Waals surface area contributed by atoms with Gasteiger partial charge in [-0.3, -0.25) is 4.79 Å². The fourth-order valence-electron chi connectivity index (χ4n) is 5.29. The van der Waals surface area contributed by atoms with E-state index < -0.39 is 5.97 Å². The maximum atomic E-state index is 11.1. The summed E-state index contributed by atoms with van der Waals surface area (Å²) in [6.07, 6.45) is 3.86. The molecule has 0 radical (unpaired) electrons. The first kappa shape index (κ1) is 15.6. The average molecular weight is 327 g/mol. The number of aromatic hydroxyl groups is 1. The first-order chi connectivity index (χ1) is 11.3. The van der Waals surface area contributed by atoms with Crippen LogP contribution in [0.3, 0.4) is 0 Å². The molecule has 1 aromatic carbocycles. The topological polar surface area (TPSA) is 62.5 Å². The molecule has 24 heavy (non-hydrogen) atoms. The fourth-order valence-corrected chi connectivity index (χ4v) is 5.29.